The minimum atomic E-state index is -0.254. The molecule has 4 nitrogen and oxygen atoms in total. The van der Waals surface area contributed by atoms with E-state index in [1.165, 1.54) is 6.21 Å². The second-order valence-electron chi connectivity index (χ2n) is 5.56. The summed E-state index contributed by atoms with van der Waals surface area (Å²) in [4.78, 5) is 17.0. The molecule has 120 valence electrons. The van der Waals surface area contributed by atoms with Crippen molar-refractivity contribution in [2.24, 2.45) is 4.99 Å². The Balaban J connectivity index is 2.00. The van der Waals surface area contributed by atoms with Crippen molar-refractivity contribution in [2.75, 3.05) is 0 Å². The molecule has 0 radical (unpaired) electrons. The van der Waals surface area contributed by atoms with Crippen LogP contribution in [0.15, 0.2) is 76.5 Å². The Kier molecular flexibility index (Phi) is 4.57. The molecule has 1 heterocycles. The highest BCUT2D eigenvalue weighted by Crippen LogP contribution is 2.16. The van der Waals surface area contributed by atoms with E-state index < -0.39 is 0 Å². The van der Waals surface area contributed by atoms with Crippen LogP contribution in [-0.4, -0.2) is 15.9 Å². The summed E-state index contributed by atoms with van der Waals surface area (Å²) in [6.07, 6.45) is 1.42. The summed E-state index contributed by atoms with van der Waals surface area (Å²) in [6, 6.07) is 20.7. The molecule has 0 spiro atoms. The Labute approximate surface area is 140 Å². The number of aromatic nitrogens is 1. The predicted octanol–water partition coefficient (Wildman–Crippen LogP) is 3.66. The standard InChI is InChI=1S/C20H18N2O2/c1-15-12-19(23)18(13-21-17-10-6-3-7-11-17)20(24)22(15)14-16-8-4-2-5-9-16/h2-13,23H,14H2,1H3. The van der Waals surface area contributed by atoms with Gasteiger partial charge in [-0.3, -0.25) is 9.79 Å². The number of pyridine rings is 1. The zero-order valence-electron chi connectivity index (χ0n) is 13.4. The first-order valence-electron chi connectivity index (χ1n) is 7.71. The van der Waals surface area contributed by atoms with E-state index in [0.29, 0.717) is 12.2 Å². The molecule has 4 heteroatoms. The van der Waals surface area contributed by atoms with Gasteiger partial charge in [0.25, 0.3) is 5.56 Å². The summed E-state index contributed by atoms with van der Waals surface area (Å²) in [5.41, 5.74) is 2.40. The van der Waals surface area contributed by atoms with Gasteiger partial charge in [0.1, 0.15) is 5.75 Å². The van der Waals surface area contributed by atoms with Crippen molar-refractivity contribution in [1.82, 2.24) is 4.57 Å². The maximum atomic E-state index is 12.7. The number of aromatic hydroxyl groups is 1. The summed E-state index contributed by atoms with van der Waals surface area (Å²) in [5, 5.41) is 10.1. The SMILES string of the molecule is Cc1cc(O)c(C=Nc2ccccc2)c(=O)n1Cc1ccccc1. The van der Waals surface area contributed by atoms with Crippen molar-refractivity contribution in [3.8, 4) is 5.75 Å². The third-order valence-electron chi connectivity index (χ3n) is 3.81. The lowest BCUT2D eigenvalue weighted by Crippen LogP contribution is -2.26. The van der Waals surface area contributed by atoms with E-state index in [1.807, 2.05) is 67.6 Å². The molecule has 0 fully saturated rings. The molecule has 2 aromatic carbocycles. The van der Waals surface area contributed by atoms with Crippen LogP contribution in [0.3, 0.4) is 0 Å². The molecular weight excluding hydrogens is 300 g/mol. The van der Waals surface area contributed by atoms with Gasteiger partial charge >= 0.3 is 0 Å². The maximum absolute atomic E-state index is 12.7. The number of benzene rings is 2. The smallest absolute Gasteiger partial charge is 0.263 e. The van der Waals surface area contributed by atoms with E-state index in [9.17, 15) is 9.90 Å². The van der Waals surface area contributed by atoms with Crippen molar-refractivity contribution in [2.45, 2.75) is 13.5 Å². The molecule has 0 bridgehead atoms. The molecule has 0 aliphatic heterocycles. The van der Waals surface area contributed by atoms with Crippen molar-refractivity contribution < 1.29 is 5.11 Å². The van der Waals surface area contributed by atoms with E-state index in [0.717, 1.165) is 11.3 Å². The molecule has 0 saturated carbocycles. The highest BCUT2D eigenvalue weighted by Gasteiger charge is 2.11. The minimum absolute atomic E-state index is 0.0542. The average Bonchev–Trinajstić information content (AvgIpc) is 2.60. The molecule has 0 unspecified atom stereocenters. The number of aryl methyl sites for hydroxylation is 1. The molecule has 1 aromatic heterocycles. The van der Waals surface area contributed by atoms with Crippen molar-refractivity contribution in [3.05, 3.63) is 93.9 Å². The Morgan fingerprint density at radius 2 is 1.67 bits per heavy atom. The van der Waals surface area contributed by atoms with Gasteiger partial charge in [0.15, 0.2) is 0 Å². The Hall–Kier alpha value is -3.14. The molecule has 0 saturated heterocycles. The molecule has 0 aliphatic rings. The van der Waals surface area contributed by atoms with Crippen molar-refractivity contribution in [1.29, 1.82) is 0 Å². The Morgan fingerprint density at radius 1 is 1.04 bits per heavy atom. The van der Waals surface area contributed by atoms with Gasteiger partial charge in [0, 0.05) is 18.0 Å². The summed E-state index contributed by atoms with van der Waals surface area (Å²) in [6.45, 7) is 2.26. The lowest BCUT2D eigenvalue weighted by molar-refractivity contribution is 0.469. The Bertz CT molecular complexity index is 914. The number of hydrogen-bond donors (Lipinski definition) is 1. The van der Waals surface area contributed by atoms with Crippen LogP contribution in [0.2, 0.25) is 0 Å². The zero-order chi connectivity index (χ0) is 16.9. The largest absolute Gasteiger partial charge is 0.507 e. The van der Waals surface area contributed by atoms with Crippen LogP contribution in [-0.2, 0) is 6.54 Å². The van der Waals surface area contributed by atoms with Gasteiger partial charge in [0.2, 0.25) is 0 Å². The highest BCUT2D eigenvalue weighted by atomic mass is 16.3. The fourth-order valence-corrected chi connectivity index (χ4v) is 2.51. The van der Waals surface area contributed by atoms with E-state index in [-0.39, 0.29) is 16.9 Å². The fraction of sp³-hybridized carbons (Fsp3) is 0.100. The van der Waals surface area contributed by atoms with Crippen LogP contribution in [0.5, 0.6) is 5.75 Å². The summed E-state index contributed by atoms with van der Waals surface area (Å²) < 4.78 is 1.64. The van der Waals surface area contributed by atoms with Crippen LogP contribution in [0.25, 0.3) is 0 Å². The van der Waals surface area contributed by atoms with Gasteiger partial charge in [-0.25, -0.2) is 0 Å². The third-order valence-corrected chi connectivity index (χ3v) is 3.81. The van der Waals surface area contributed by atoms with E-state index in [1.54, 1.807) is 10.6 Å². The van der Waals surface area contributed by atoms with Crippen LogP contribution < -0.4 is 5.56 Å². The number of nitrogens with zero attached hydrogens (tertiary/aromatic N) is 2. The monoisotopic (exact) mass is 318 g/mol. The summed E-state index contributed by atoms with van der Waals surface area (Å²) in [5.74, 6) is -0.0542. The molecular formula is C20H18N2O2. The molecule has 0 aliphatic carbocycles. The number of aliphatic imine (C=N–C) groups is 1. The summed E-state index contributed by atoms with van der Waals surface area (Å²) >= 11 is 0. The lowest BCUT2D eigenvalue weighted by atomic mass is 10.2. The number of rotatable bonds is 4. The topological polar surface area (TPSA) is 54.6 Å². The van der Waals surface area contributed by atoms with Crippen LogP contribution in [0.1, 0.15) is 16.8 Å². The maximum Gasteiger partial charge on any atom is 0.263 e. The molecule has 24 heavy (non-hydrogen) atoms. The van der Waals surface area contributed by atoms with Gasteiger partial charge < -0.3 is 9.67 Å². The number of hydrogen-bond acceptors (Lipinski definition) is 3. The molecule has 0 amide bonds. The van der Waals surface area contributed by atoms with E-state index >= 15 is 0 Å². The first-order valence-corrected chi connectivity index (χ1v) is 7.71. The second-order valence-corrected chi connectivity index (χ2v) is 5.56. The lowest BCUT2D eigenvalue weighted by Gasteiger charge is -2.12. The summed E-state index contributed by atoms with van der Waals surface area (Å²) in [7, 11) is 0. The normalized spacial score (nSPS) is 11.0. The first kappa shape index (κ1) is 15.7. The highest BCUT2D eigenvalue weighted by molar-refractivity contribution is 5.84. The second kappa shape index (κ2) is 6.96. The predicted molar refractivity (Wildman–Crippen MR) is 96.3 cm³/mol. The van der Waals surface area contributed by atoms with Crippen molar-refractivity contribution in [3.63, 3.8) is 0 Å². The molecule has 3 aromatic rings. The van der Waals surface area contributed by atoms with Gasteiger partial charge in [-0.05, 0) is 24.6 Å². The Morgan fingerprint density at radius 3 is 2.33 bits per heavy atom. The fourth-order valence-electron chi connectivity index (χ4n) is 2.51. The van der Waals surface area contributed by atoms with Gasteiger partial charge in [0.05, 0.1) is 17.8 Å². The van der Waals surface area contributed by atoms with E-state index in [4.69, 9.17) is 0 Å². The van der Waals surface area contributed by atoms with Crippen LogP contribution >= 0.6 is 0 Å². The molecule has 0 atom stereocenters. The first-order chi connectivity index (χ1) is 11.6. The van der Waals surface area contributed by atoms with E-state index in [2.05, 4.69) is 4.99 Å². The van der Waals surface area contributed by atoms with Crippen LogP contribution in [0, 0.1) is 6.92 Å². The molecule has 1 N–H and O–H groups in total. The average molecular weight is 318 g/mol. The number of para-hydroxylation sites is 1. The van der Waals surface area contributed by atoms with Crippen LogP contribution in [0.4, 0.5) is 5.69 Å². The quantitative estimate of drug-likeness (QED) is 0.746. The minimum Gasteiger partial charge on any atom is -0.507 e. The van der Waals surface area contributed by atoms with Gasteiger partial charge in [-0.2, -0.15) is 0 Å². The third kappa shape index (κ3) is 3.43. The van der Waals surface area contributed by atoms with Gasteiger partial charge in [-0.1, -0.05) is 48.5 Å². The molecule has 3 rings (SSSR count). The van der Waals surface area contributed by atoms with Crippen molar-refractivity contribution >= 4 is 11.9 Å². The zero-order valence-corrected chi connectivity index (χ0v) is 13.4. The van der Waals surface area contributed by atoms with Gasteiger partial charge in [-0.15, -0.1) is 0 Å².